The van der Waals surface area contributed by atoms with E-state index >= 15 is 0 Å². The largest absolute Gasteiger partial charge is 0.342 e. The van der Waals surface area contributed by atoms with Crippen molar-refractivity contribution in [3.63, 3.8) is 0 Å². The van der Waals surface area contributed by atoms with Gasteiger partial charge in [0.25, 0.3) is 5.91 Å². The summed E-state index contributed by atoms with van der Waals surface area (Å²) in [5.41, 5.74) is 4.06. The predicted molar refractivity (Wildman–Crippen MR) is 101 cm³/mol. The number of carbonyl (C=O) groups is 2. The molecule has 3 rings (SSSR count). The Morgan fingerprint density at radius 2 is 1.89 bits per heavy atom. The third kappa shape index (κ3) is 4.81. The molecule has 0 saturated carbocycles. The number of benzene rings is 1. The molecular formula is C19H22N6O2. The van der Waals surface area contributed by atoms with Crippen LogP contribution in [0.3, 0.4) is 0 Å². The van der Waals surface area contributed by atoms with E-state index in [1.807, 2.05) is 38.1 Å². The first-order chi connectivity index (χ1) is 12.9. The second-order valence-electron chi connectivity index (χ2n) is 6.44. The number of hydrogen-bond donors (Lipinski definition) is 2. The molecule has 2 heterocycles. The highest BCUT2D eigenvalue weighted by atomic mass is 16.2. The number of nitrogens with zero attached hydrogens (tertiary/aromatic N) is 4. The van der Waals surface area contributed by atoms with Crippen molar-refractivity contribution >= 4 is 17.5 Å². The average molecular weight is 366 g/mol. The SMILES string of the molecule is Cc1ccc(Cn2cc(NC(=O)CNC(=O)c3cc(C)n(C)n3)cn2)cc1. The molecular weight excluding hydrogens is 344 g/mol. The first-order valence-corrected chi connectivity index (χ1v) is 8.57. The van der Waals surface area contributed by atoms with E-state index in [2.05, 4.69) is 20.8 Å². The van der Waals surface area contributed by atoms with E-state index in [-0.39, 0.29) is 24.1 Å². The topological polar surface area (TPSA) is 93.8 Å². The number of carbonyl (C=O) groups excluding carboxylic acids is 2. The molecule has 0 fully saturated rings. The van der Waals surface area contributed by atoms with Gasteiger partial charge in [0.1, 0.15) is 5.69 Å². The van der Waals surface area contributed by atoms with Crippen molar-refractivity contribution in [2.45, 2.75) is 20.4 Å². The Bertz CT molecular complexity index is 935. The minimum atomic E-state index is -0.385. The molecule has 2 aromatic heterocycles. The molecule has 0 spiro atoms. The fourth-order valence-corrected chi connectivity index (χ4v) is 2.52. The van der Waals surface area contributed by atoms with Crippen LogP contribution in [0.5, 0.6) is 0 Å². The van der Waals surface area contributed by atoms with Gasteiger partial charge >= 0.3 is 0 Å². The van der Waals surface area contributed by atoms with E-state index in [9.17, 15) is 9.59 Å². The van der Waals surface area contributed by atoms with E-state index < -0.39 is 0 Å². The summed E-state index contributed by atoms with van der Waals surface area (Å²) in [7, 11) is 1.76. The Hall–Kier alpha value is -3.42. The lowest BCUT2D eigenvalue weighted by Crippen LogP contribution is -2.33. The Balaban J connectivity index is 1.50. The molecule has 3 aromatic rings. The molecule has 8 heteroatoms. The minimum absolute atomic E-state index is 0.141. The van der Waals surface area contributed by atoms with Gasteiger partial charge in [-0.05, 0) is 25.5 Å². The molecule has 0 radical (unpaired) electrons. The summed E-state index contributed by atoms with van der Waals surface area (Å²) in [4.78, 5) is 24.1. The predicted octanol–water partition coefficient (Wildman–Crippen LogP) is 1.65. The van der Waals surface area contributed by atoms with Gasteiger partial charge in [-0.1, -0.05) is 29.8 Å². The van der Waals surface area contributed by atoms with Gasteiger partial charge in [0.15, 0.2) is 0 Å². The molecule has 0 aliphatic rings. The van der Waals surface area contributed by atoms with Gasteiger partial charge in [0.2, 0.25) is 5.91 Å². The van der Waals surface area contributed by atoms with Gasteiger partial charge in [-0.2, -0.15) is 10.2 Å². The standard InChI is InChI=1S/C19H22N6O2/c1-13-4-6-15(7-5-13)11-25-12-16(9-21-25)22-18(26)10-20-19(27)17-8-14(2)24(3)23-17/h4-9,12H,10-11H2,1-3H3,(H,20,27)(H,22,26). The third-order valence-electron chi connectivity index (χ3n) is 4.14. The molecule has 0 unspecified atom stereocenters. The lowest BCUT2D eigenvalue weighted by Gasteiger charge is -2.04. The van der Waals surface area contributed by atoms with Crippen LogP contribution in [0.15, 0.2) is 42.7 Å². The summed E-state index contributed by atoms with van der Waals surface area (Å²) >= 11 is 0. The minimum Gasteiger partial charge on any atom is -0.342 e. The number of anilines is 1. The highest BCUT2D eigenvalue weighted by molar-refractivity contribution is 5.98. The van der Waals surface area contributed by atoms with Crippen LogP contribution in [-0.4, -0.2) is 37.9 Å². The zero-order valence-corrected chi connectivity index (χ0v) is 15.6. The molecule has 2 N–H and O–H groups in total. The van der Waals surface area contributed by atoms with E-state index in [1.165, 1.54) is 5.56 Å². The fourth-order valence-electron chi connectivity index (χ4n) is 2.52. The zero-order valence-electron chi connectivity index (χ0n) is 15.6. The van der Waals surface area contributed by atoms with E-state index in [0.717, 1.165) is 11.3 Å². The first kappa shape index (κ1) is 18.4. The maximum absolute atomic E-state index is 12.0. The Morgan fingerprint density at radius 3 is 2.56 bits per heavy atom. The van der Waals surface area contributed by atoms with Gasteiger partial charge in [-0.15, -0.1) is 0 Å². The van der Waals surface area contributed by atoms with E-state index in [0.29, 0.717) is 12.2 Å². The van der Waals surface area contributed by atoms with Crippen LogP contribution in [0.1, 0.15) is 27.3 Å². The molecule has 0 aliphatic heterocycles. The number of rotatable bonds is 6. The van der Waals surface area contributed by atoms with Crippen LogP contribution in [0.25, 0.3) is 0 Å². The van der Waals surface area contributed by atoms with Crippen molar-refractivity contribution < 1.29 is 9.59 Å². The average Bonchev–Trinajstić information content (AvgIpc) is 3.21. The van der Waals surface area contributed by atoms with Gasteiger partial charge in [-0.3, -0.25) is 19.0 Å². The number of hydrogen-bond acceptors (Lipinski definition) is 4. The Labute approximate surface area is 157 Å². The molecule has 27 heavy (non-hydrogen) atoms. The smallest absolute Gasteiger partial charge is 0.272 e. The van der Waals surface area contributed by atoms with Crippen LogP contribution in [0.2, 0.25) is 0 Å². The lowest BCUT2D eigenvalue weighted by molar-refractivity contribution is -0.115. The molecule has 0 saturated heterocycles. The lowest BCUT2D eigenvalue weighted by atomic mass is 10.1. The number of aromatic nitrogens is 4. The number of nitrogens with one attached hydrogen (secondary N) is 2. The maximum atomic E-state index is 12.0. The first-order valence-electron chi connectivity index (χ1n) is 8.57. The molecule has 0 bridgehead atoms. The van der Waals surface area contributed by atoms with Gasteiger partial charge in [0, 0.05) is 18.9 Å². The van der Waals surface area contributed by atoms with Crippen LogP contribution in [0.4, 0.5) is 5.69 Å². The maximum Gasteiger partial charge on any atom is 0.272 e. The molecule has 0 aliphatic carbocycles. The number of aryl methyl sites for hydroxylation is 3. The van der Waals surface area contributed by atoms with Crippen LogP contribution >= 0.6 is 0 Å². The summed E-state index contributed by atoms with van der Waals surface area (Å²) in [6.07, 6.45) is 3.33. The summed E-state index contributed by atoms with van der Waals surface area (Å²) in [5, 5.41) is 13.6. The quantitative estimate of drug-likeness (QED) is 0.694. The summed E-state index contributed by atoms with van der Waals surface area (Å²) < 4.78 is 3.35. The normalized spacial score (nSPS) is 10.6. The number of amides is 2. The van der Waals surface area contributed by atoms with Crippen molar-refractivity contribution in [3.8, 4) is 0 Å². The van der Waals surface area contributed by atoms with Crippen molar-refractivity contribution in [2.24, 2.45) is 7.05 Å². The van der Waals surface area contributed by atoms with E-state index in [4.69, 9.17) is 0 Å². The zero-order chi connectivity index (χ0) is 19.4. The van der Waals surface area contributed by atoms with Crippen molar-refractivity contribution in [3.05, 3.63) is 65.2 Å². The molecule has 2 amide bonds. The fraction of sp³-hybridized carbons (Fsp3) is 0.263. The van der Waals surface area contributed by atoms with Gasteiger partial charge in [0.05, 0.1) is 25.0 Å². The summed E-state index contributed by atoms with van der Waals surface area (Å²) in [6.45, 7) is 4.37. The molecule has 0 atom stereocenters. The van der Waals surface area contributed by atoms with Crippen molar-refractivity contribution in [1.82, 2.24) is 24.9 Å². The Kier molecular flexibility index (Phi) is 5.35. The van der Waals surface area contributed by atoms with Crippen molar-refractivity contribution in [2.75, 3.05) is 11.9 Å². The molecule has 1 aromatic carbocycles. The second kappa shape index (κ2) is 7.86. The van der Waals surface area contributed by atoms with E-state index in [1.54, 1.807) is 34.9 Å². The highest BCUT2D eigenvalue weighted by Crippen LogP contribution is 2.09. The second-order valence-corrected chi connectivity index (χ2v) is 6.44. The van der Waals surface area contributed by atoms with Crippen LogP contribution < -0.4 is 10.6 Å². The van der Waals surface area contributed by atoms with Gasteiger partial charge < -0.3 is 10.6 Å². The summed E-state index contributed by atoms with van der Waals surface area (Å²) in [5.74, 6) is -0.713. The summed E-state index contributed by atoms with van der Waals surface area (Å²) in [6, 6.07) is 9.86. The molecule has 8 nitrogen and oxygen atoms in total. The van der Waals surface area contributed by atoms with Crippen LogP contribution in [0, 0.1) is 13.8 Å². The third-order valence-corrected chi connectivity index (χ3v) is 4.14. The Morgan fingerprint density at radius 1 is 1.15 bits per heavy atom. The molecule has 140 valence electrons. The monoisotopic (exact) mass is 366 g/mol. The van der Waals surface area contributed by atoms with Crippen LogP contribution in [-0.2, 0) is 18.4 Å². The van der Waals surface area contributed by atoms with Crippen molar-refractivity contribution in [1.29, 1.82) is 0 Å². The van der Waals surface area contributed by atoms with Gasteiger partial charge in [-0.25, -0.2) is 0 Å². The highest BCUT2D eigenvalue weighted by Gasteiger charge is 2.12.